The number of hydrogen-bond acceptors (Lipinski definition) is 3. The van der Waals surface area contributed by atoms with Gasteiger partial charge < -0.3 is 5.32 Å². The minimum absolute atomic E-state index is 0.302. The summed E-state index contributed by atoms with van der Waals surface area (Å²) < 4.78 is 14.4. The molecule has 0 aromatic carbocycles. The molecule has 0 unspecified atom stereocenters. The third kappa shape index (κ3) is 2.23. The van der Waals surface area contributed by atoms with Gasteiger partial charge in [0.2, 0.25) is 5.95 Å². The van der Waals surface area contributed by atoms with Crippen LogP contribution in [0.1, 0.15) is 25.7 Å². The van der Waals surface area contributed by atoms with Crippen molar-refractivity contribution in [1.29, 1.82) is 0 Å². The van der Waals surface area contributed by atoms with E-state index in [9.17, 15) is 4.39 Å². The predicted octanol–water partition coefficient (Wildman–Crippen LogP) is 2.47. The maximum Gasteiger partial charge on any atom is 0.243 e. The lowest BCUT2D eigenvalue weighted by Crippen LogP contribution is -2.15. The van der Waals surface area contributed by atoms with Crippen LogP contribution in [0.25, 0.3) is 5.65 Å². The molecule has 1 saturated carbocycles. The Kier molecular flexibility index (Phi) is 2.66. The second kappa shape index (κ2) is 4.31. The Hall–Kier alpha value is -1.65. The second-order valence-electron chi connectivity index (χ2n) is 4.60. The number of anilines is 1. The van der Waals surface area contributed by atoms with Gasteiger partial charge in [-0.25, -0.2) is 8.91 Å². The highest BCUT2D eigenvalue weighted by Crippen LogP contribution is 2.28. The lowest BCUT2D eigenvalue weighted by atomic mass is 9.83. The summed E-state index contributed by atoms with van der Waals surface area (Å²) in [5.74, 6) is 1.15. The van der Waals surface area contributed by atoms with Crippen LogP contribution in [0.4, 0.5) is 10.3 Å². The number of nitrogens with one attached hydrogen (secondary N) is 1. The van der Waals surface area contributed by atoms with Gasteiger partial charge in [0.15, 0.2) is 5.65 Å². The molecule has 0 atom stereocenters. The van der Waals surface area contributed by atoms with E-state index < -0.39 is 0 Å². The molecule has 90 valence electrons. The fourth-order valence-electron chi connectivity index (χ4n) is 2.10. The maximum absolute atomic E-state index is 12.9. The van der Waals surface area contributed by atoms with Gasteiger partial charge in [0.25, 0.3) is 0 Å². The summed E-state index contributed by atoms with van der Waals surface area (Å²) in [4.78, 5) is 4.27. The molecule has 1 fully saturated rings. The predicted molar refractivity (Wildman–Crippen MR) is 63.4 cm³/mol. The summed E-state index contributed by atoms with van der Waals surface area (Å²) in [6, 6.07) is 3.02. The van der Waals surface area contributed by atoms with Gasteiger partial charge in [-0.2, -0.15) is 4.98 Å². The van der Waals surface area contributed by atoms with Gasteiger partial charge in [-0.3, -0.25) is 0 Å². The van der Waals surface area contributed by atoms with Gasteiger partial charge in [0, 0.05) is 6.54 Å². The Bertz CT molecular complexity index is 518. The van der Waals surface area contributed by atoms with Gasteiger partial charge in [-0.05, 0) is 24.5 Å². The minimum atomic E-state index is -0.302. The molecule has 0 aliphatic heterocycles. The smallest absolute Gasteiger partial charge is 0.243 e. The highest BCUT2D eigenvalue weighted by molar-refractivity contribution is 5.42. The van der Waals surface area contributed by atoms with E-state index in [0.29, 0.717) is 11.6 Å². The van der Waals surface area contributed by atoms with Crippen LogP contribution >= 0.6 is 0 Å². The van der Waals surface area contributed by atoms with Crippen LogP contribution in [0.2, 0.25) is 0 Å². The van der Waals surface area contributed by atoms with Gasteiger partial charge >= 0.3 is 0 Å². The van der Waals surface area contributed by atoms with E-state index in [1.165, 1.54) is 42.5 Å². The van der Waals surface area contributed by atoms with Gasteiger partial charge in [-0.1, -0.05) is 19.3 Å². The van der Waals surface area contributed by atoms with Crippen molar-refractivity contribution in [2.75, 3.05) is 11.9 Å². The van der Waals surface area contributed by atoms with Crippen molar-refractivity contribution in [3.8, 4) is 0 Å². The number of rotatable bonds is 4. The summed E-state index contributed by atoms with van der Waals surface area (Å²) in [5.41, 5.74) is 0.664. The van der Waals surface area contributed by atoms with E-state index in [2.05, 4.69) is 15.4 Å². The number of halogens is 1. The Balaban J connectivity index is 1.64. The van der Waals surface area contributed by atoms with Gasteiger partial charge in [0.1, 0.15) is 5.82 Å². The zero-order valence-electron chi connectivity index (χ0n) is 9.56. The van der Waals surface area contributed by atoms with E-state index in [1.807, 2.05) is 0 Å². The Morgan fingerprint density at radius 1 is 1.41 bits per heavy atom. The molecule has 2 aromatic heterocycles. The Labute approximate surface area is 98.9 Å². The van der Waals surface area contributed by atoms with Crippen LogP contribution in [0, 0.1) is 11.7 Å². The first-order valence-corrected chi connectivity index (χ1v) is 6.07. The second-order valence-corrected chi connectivity index (χ2v) is 4.60. The van der Waals surface area contributed by atoms with E-state index in [0.717, 1.165) is 12.5 Å². The van der Waals surface area contributed by atoms with E-state index in [4.69, 9.17) is 0 Å². The van der Waals surface area contributed by atoms with Crippen LogP contribution in [0.5, 0.6) is 0 Å². The SMILES string of the molecule is Fc1ccc2nc(NCCC3CCC3)nn2c1. The van der Waals surface area contributed by atoms with Gasteiger partial charge in [-0.15, -0.1) is 5.10 Å². The van der Waals surface area contributed by atoms with Crippen LogP contribution in [0.15, 0.2) is 18.3 Å². The molecule has 0 spiro atoms. The number of nitrogens with zero attached hydrogens (tertiary/aromatic N) is 3. The van der Waals surface area contributed by atoms with E-state index in [-0.39, 0.29) is 5.82 Å². The van der Waals surface area contributed by atoms with Crippen molar-refractivity contribution < 1.29 is 4.39 Å². The third-order valence-corrected chi connectivity index (χ3v) is 3.36. The van der Waals surface area contributed by atoms with E-state index in [1.54, 1.807) is 6.07 Å². The maximum atomic E-state index is 12.9. The molecule has 0 amide bonds. The van der Waals surface area contributed by atoms with Crippen molar-refractivity contribution in [3.63, 3.8) is 0 Å². The average Bonchev–Trinajstić information content (AvgIpc) is 2.63. The first kappa shape index (κ1) is 10.5. The summed E-state index contributed by atoms with van der Waals surface area (Å²) in [5, 5.41) is 7.36. The van der Waals surface area contributed by atoms with Crippen molar-refractivity contribution in [2.24, 2.45) is 5.92 Å². The minimum Gasteiger partial charge on any atom is -0.353 e. The zero-order chi connectivity index (χ0) is 11.7. The molecular weight excluding hydrogens is 219 g/mol. The number of pyridine rings is 1. The first-order chi connectivity index (χ1) is 8.31. The Morgan fingerprint density at radius 2 is 2.29 bits per heavy atom. The molecule has 0 radical (unpaired) electrons. The first-order valence-electron chi connectivity index (χ1n) is 6.07. The highest BCUT2D eigenvalue weighted by Gasteiger charge is 2.16. The Morgan fingerprint density at radius 3 is 3.06 bits per heavy atom. The van der Waals surface area contributed by atoms with Crippen molar-refractivity contribution in [1.82, 2.24) is 14.6 Å². The lowest BCUT2D eigenvalue weighted by Gasteiger charge is -2.24. The molecule has 5 heteroatoms. The zero-order valence-corrected chi connectivity index (χ0v) is 9.56. The molecular formula is C12H15FN4. The molecule has 1 aliphatic rings. The summed E-state index contributed by atoms with van der Waals surface area (Å²) in [7, 11) is 0. The van der Waals surface area contributed by atoms with Crippen molar-refractivity contribution in [3.05, 3.63) is 24.1 Å². The molecule has 1 N–H and O–H groups in total. The van der Waals surface area contributed by atoms with E-state index >= 15 is 0 Å². The average molecular weight is 234 g/mol. The highest BCUT2D eigenvalue weighted by atomic mass is 19.1. The molecule has 1 aliphatic carbocycles. The topological polar surface area (TPSA) is 42.2 Å². The van der Waals surface area contributed by atoms with Gasteiger partial charge in [0.05, 0.1) is 6.20 Å². The number of hydrogen-bond donors (Lipinski definition) is 1. The summed E-state index contributed by atoms with van der Waals surface area (Å²) >= 11 is 0. The fourth-order valence-corrected chi connectivity index (χ4v) is 2.10. The molecule has 0 bridgehead atoms. The number of fused-ring (bicyclic) bond motifs is 1. The molecule has 2 aromatic rings. The number of aromatic nitrogens is 3. The van der Waals surface area contributed by atoms with Crippen molar-refractivity contribution >= 4 is 11.6 Å². The molecule has 0 saturated heterocycles. The monoisotopic (exact) mass is 234 g/mol. The van der Waals surface area contributed by atoms with Crippen LogP contribution in [0.3, 0.4) is 0 Å². The molecule has 2 heterocycles. The van der Waals surface area contributed by atoms with Crippen LogP contribution in [-0.2, 0) is 0 Å². The van der Waals surface area contributed by atoms with Crippen LogP contribution < -0.4 is 5.32 Å². The van der Waals surface area contributed by atoms with Crippen molar-refractivity contribution in [2.45, 2.75) is 25.7 Å². The standard InChI is InChI=1S/C12H15FN4/c13-10-4-5-11-15-12(16-17(11)8-10)14-7-6-9-2-1-3-9/h4-5,8-9H,1-3,6-7H2,(H,14,16). The largest absolute Gasteiger partial charge is 0.353 e. The molecule has 4 nitrogen and oxygen atoms in total. The fraction of sp³-hybridized carbons (Fsp3) is 0.500. The third-order valence-electron chi connectivity index (χ3n) is 3.36. The quantitative estimate of drug-likeness (QED) is 0.883. The summed E-state index contributed by atoms with van der Waals surface area (Å²) in [6.45, 7) is 0.893. The lowest BCUT2D eigenvalue weighted by molar-refractivity contribution is 0.303. The normalized spacial score (nSPS) is 16.1. The summed E-state index contributed by atoms with van der Waals surface area (Å²) in [6.07, 6.45) is 6.58. The van der Waals surface area contributed by atoms with Crippen LogP contribution in [-0.4, -0.2) is 21.1 Å². The molecule has 17 heavy (non-hydrogen) atoms. The molecule has 3 rings (SSSR count).